The first-order valence-corrected chi connectivity index (χ1v) is 9.37. The van der Waals surface area contributed by atoms with Crippen molar-refractivity contribution in [3.05, 3.63) is 54.9 Å². The summed E-state index contributed by atoms with van der Waals surface area (Å²) in [6.45, 7) is 0. The second-order valence-corrected chi connectivity index (χ2v) is 7.30. The number of hydrazine groups is 2. The first-order valence-electron chi connectivity index (χ1n) is 9.37. The van der Waals surface area contributed by atoms with Crippen molar-refractivity contribution < 1.29 is 4.79 Å². The highest BCUT2D eigenvalue weighted by molar-refractivity contribution is 5.92. The Morgan fingerprint density at radius 1 is 1.07 bits per heavy atom. The van der Waals surface area contributed by atoms with Crippen molar-refractivity contribution in [2.24, 2.45) is 5.92 Å². The van der Waals surface area contributed by atoms with Gasteiger partial charge >= 0.3 is 0 Å². The SMILES string of the molecule is O=C(Nc1ccc(-c2cn3ccccc3n2)cc1)C1CCC2NNNC2C1. The monoisotopic (exact) mass is 362 g/mol. The van der Waals surface area contributed by atoms with Gasteiger partial charge in [0.25, 0.3) is 0 Å². The van der Waals surface area contributed by atoms with Crippen LogP contribution in [0, 0.1) is 5.92 Å². The van der Waals surface area contributed by atoms with Crippen molar-refractivity contribution in [1.82, 2.24) is 25.8 Å². The molecule has 0 spiro atoms. The van der Waals surface area contributed by atoms with Gasteiger partial charge in [0.2, 0.25) is 5.91 Å². The maximum atomic E-state index is 12.6. The molecule has 2 aliphatic rings. The lowest BCUT2D eigenvalue weighted by molar-refractivity contribution is -0.121. The lowest BCUT2D eigenvalue weighted by Gasteiger charge is -2.29. The third-order valence-corrected chi connectivity index (χ3v) is 5.55. The Hall–Kier alpha value is -2.74. The molecule has 1 amide bonds. The molecule has 27 heavy (non-hydrogen) atoms. The number of nitrogens with zero attached hydrogens (tertiary/aromatic N) is 2. The van der Waals surface area contributed by atoms with Crippen LogP contribution in [0.3, 0.4) is 0 Å². The van der Waals surface area contributed by atoms with Crippen LogP contribution in [-0.4, -0.2) is 27.4 Å². The number of anilines is 1. The fourth-order valence-corrected chi connectivity index (χ4v) is 4.01. The zero-order valence-corrected chi connectivity index (χ0v) is 14.9. The van der Waals surface area contributed by atoms with Crippen LogP contribution in [0.15, 0.2) is 54.9 Å². The predicted molar refractivity (Wildman–Crippen MR) is 104 cm³/mol. The van der Waals surface area contributed by atoms with Crippen LogP contribution >= 0.6 is 0 Å². The van der Waals surface area contributed by atoms with Gasteiger partial charge in [0.05, 0.1) is 5.69 Å². The van der Waals surface area contributed by atoms with Crippen LogP contribution in [0.2, 0.25) is 0 Å². The normalized spacial score (nSPS) is 24.7. The lowest BCUT2D eigenvalue weighted by Crippen LogP contribution is -2.42. The summed E-state index contributed by atoms with van der Waals surface area (Å²) in [5.41, 5.74) is 13.1. The fraction of sp³-hybridized carbons (Fsp3) is 0.300. The highest BCUT2D eigenvalue weighted by atomic mass is 16.1. The first kappa shape index (κ1) is 16.4. The minimum Gasteiger partial charge on any atom is -0.326 e. The molecule has 7 heteroatoms. The van der Waals surface area contributed by atoms with Gasteiger partial charge < -0.3 is 9.72 Å². The number of amides is 1. The van der Waals surface area contributed by atoms with Crippen LogP contribution in [0.5, 0.6) is 0 Å². The Labute approximate surface area is 157 Å². The van der Waals surface area contributed by atoms with Gasteiger partial charge in [-0.05, 0) is 43.5 Å². The summed E-state index contributed by atoms with van der Waals surface area (Å²) in [7, 11) is 0. The van der Waals surface area contributed by atoms with E-state index < -0.39 is 0 Å². The van der Waals surface area contributed by atoms with Gasteiger partial charge in [-0.15, -0.1) is 0 Å². The topological polar surface area (TPSA) is 82.5 Å². The molecule has 3 heterocycles. The van der Waals surface area contributed by atoms with E-state index in [-0.39, 0.29) is 11.8 Å². The van der Waals surface area contributed by atoms with Gasteiger partial charge in [0.15, 0.2) is 0 Å². The molecule has 0 bridgehead atoms. The summed E-state index contributed by atoms with van der Waals surface area (Å²) >= 11 is 0. The van der Waals surface area contributed by atoms with E-state index in [4.69, 9.17) is 0 Å². The third kappa shape index (κ3) is 3.21. The number of carbonyl (C=O) groups is 1. The standard InChI is InChI=1S/C20H22N6O/c27-20(14-6-9-16-17(11-14)24-25-23-16)21-15-7-4-13(5-8-15)18-12-26-10-2-1-3-19(26)22-18/h1-5,7-8,10,12,14,16-17,23-25H,6,9,11H2,(H,21,27). The molecule has 0 radical (unpaired) electrons. The molecule has 3 unspecified atom stereocenters. The number of hydrogen-bond donors (Lipinski definition) is 4. The van der Waals surface area contributed by atoms with Gasteiger partial charge in [-0.2, -0.15) is 5.53 Å². The minimum absolute atomic E-state index is 0.0403. The summed E-state index contributed by atoms with van der Waals surface area (Å²) in [6, 6.07) is 14.6. The van der Waals surface area contributed by atoms with Gasteiger partial charge in [-0.1, -0.05) is 18.2 Å². The van der Waals surface area contributed by atoms with Gasteiger partial charge in [-0.3, -0.25) is 4.79 Å². The number of aromatic nitrogens is 2. The predicted octanol–water partition coefficient (Wildman–Crippen LogP) is 2.09. The van der Waals surface area contributed by atoms with E-state index in [0.29, 0.717) is 12.1 Å². The second-order valence-electron chi connectivity index (χ2n) is 7.30. The fourth-order valence-electron chi connectivity index (χ4n) is 4.01. The summed E-state index contributed by atoms with van der Waals surface area (Å²) in [4.78, 5) is 17.3. The van der Waals surface area contributed by atoms with Crippen molar-refractivity contribution in [3.8, 4) is 11.3 Å². The van der Waals surface area contributed by atoms with Crippen LogP contribution in [0.1, 0.15) is 19.3 Å². The minimum atomic E-state index is 0.0403. The van der Waals surface area contributed by atoms with E-state index in [1.165, 1.54) is 0 Å². The maximum Gasteiger partial charge on any atom is 0.227 e. The van der Waals surface area contributed by atoms with Crippen LogP contribution in [-0.2, 0) is 4.79 Å². The number of hydrogen-bond acceptors (Lipinski definition) is 5. The summed E-state index contributed by atoms with van der Waals surface area (Å²) in [6.07, 6.45) is 6.74. The second kappa shape index (κ2) is 6.77. The maximum absolute atomic E-state index is 12.6. The number of pyridine rings is 1. The smallest absolute Gasteiger partial charge is 0.227 e. The Bertz CT molecular complexity index is 933. The van der Waals surface area contributed by atoms with Crippen molar-refractivity contribution >= 4 is 17.2 Å². The molecule has 5 rings (SSSR count). The molecule has 1 saturated carbocycles. The van der Waals surface area contributed by atoms with Crippen LogP contribution in [0.25, 0.3) is 16.9 Å². The number of rotatable bonds is 3. The van der Waals surface area contributed by atoms with Crippen LogP contribution < -0.4 is 21.7 Å². The molecule has 3 aromatic rings. The summed E-state index contributed by atoms with van der Waals surface area (Å²) < 4.78 is 2.00. The van der Waals surface area contributed by atoms with Crippen LogP contribution in [0.4, 0.5) is 5.69 Å². The Kier molecular flexibility index (Phi) is 4.12. The molecule has 138 valence electrons. The quantitative estimate of drug-likeness (QED) is 0.574. The molecule has 1 saturated heterocycles. The molecule has 2 fully saturated rings. The van der Waals surface area contributed by atoms with E-state index in [1.54, 1.807) is 0 Å². The molecule has 4 N–H and O–H groups in total. The number of nitrogens with one attached hydrogen (secondary N) is 4. The van der Waals surface area contributed by atoms with E-state index in [0.717, 1.165) is 41.9 Å². The number of benzene rings is 1. The third-order valence-electron chi connectivity index (χ3n) is 5.55. The van der Waals surface area contributed by atoms with Gasteiger partial charge in [0, 0.05) is 41.6 Å². The molecular formula is C20H22N6O. The molecule has 3 atom stereocenters. The van der Waals surface area contributed by atoms with Crippen molar-refractivity contribution in [1.29, 1.82) is 0 Å². The van der Waals surface area contributed by atoms with Crippen molar-refractivity contribution in [2.45, 2.75) is 31.3 Å². The molecule has 2 aromatic heterocycles. The molecule has 1 aromatic carbocycles. The highest BCUT2D eigenvalue weighted by Gasteiger charge is 2.36. The molecular weight excluding hydrogens is 340 g/mol. The number of carbonyl (C=O) groups excluding carboxylic acids is 1. The Morgan fingerprint density at radius 2 is 1.93 bits per heavy atom. The average Bonchev–Trinajstić information content (AvgIpc) is 3.34. The molecule has 1 aliphatic carbocycles. The zero-order valence-electron chi connectivity index (χ0n) is 14.9. The number of fused-ring (bicyclic) bond motifs is 2. The molecule has 7 nitrogen and oxygen atoms in total. The largest absolute Gasteiger partial charge is 0.326 e. The highest BCUT2D eigenvalue weighted by Crippen LogP contribution is 2.27. The van der Waals surface area contributed by atoms with E-state index in [9.17, 15) is 4.79 Å². The van der Waals surface area contributed by atoms with Crippen molar-refractivity contribution in [2.75, 3.05) is 5.32 Å². The zero-order chi connectivity index (χ0) is 18.2. The summed E-state index contributed by atoms with van der Waals surface area (Å²) in [5.74, 6) is 0.140. The van der Waals surface area contributed by atoms with E-state index in [2.05, 4.69) is 26.7 Å². The summed E-state index contributed by atoms with van der Waals surface area (Å²) in [5, 5.41) is 3.06. The molecule has 1 aliphatic heterocycles. The van der Waals surface area contributed by atoms with Crippen molar-refractivity contribution in [3.63, 3.8) is 0 Å². The van der Waals surface area contributed by atoms with Gasteiger partial charge in [-0.25, -0.2) is 15.8 Å². The average molecular weight is 362 g/mol. The van der Waals surface area contributed by atoms with Gasteiger partial charge in [0.1, 0.15) is 5.65 Å². The lowest BCUT2D eigenvalue weighted by atomic mass is 9.82. The van der Waals surface area contributed by atoms with E-state index >= 15 is 0 Å². The Morgan fingerprint density at radius 3 is 2.78 bits per heavy atom. The first-order chi connectivity index (χ1) is 13.3. The van der Waals surface area contributed by atoms with E-state index in [1.807, 2.05) is 59.3 Å². The Balaban J connectivity index is 1.27. The number of imidazole rings is 1.